The number of thiol groups is 1. The summed E-state index contributed by atoms with van der Waals surface area (Å²) in [4.78, 5) is 4.15. The number of nitrogens with zero attached hydrogens (tertiary/aromatic N) is 1. The fourth-order valence-corrected chi connectivity index (χ4v) is 3.69. The number of thioether (sulfide) groups is 1. The van der Waals surface area contributed by atoms with Gasteiger partial charge in [0, 0.05) is 5.75 Å². The molecule has 1 aromatic heterocycles. The Hall–Kier alpha value is -0.0900. The standard InChI is InChI=1S/C12H21NOS2/c1-3-5-12(9-15,6-4-2)10-16-11-13-7-8-14-11/h7-8,15H,3-6,9-10H2,1-2H3. The van der Waals surface area contributed by atoms with Crippen molar-refractivity contribution in [2.75, 3.05) is 11.5 Å². The van der Waals surface area contributed by atoms with Gasteiger partial charge in [0.25, 0.3) is 5.22 Å². The number of oxazole rings is 1. The summed E-state index contributed by atoms with van der Waals surface area (Å²) in [7, 11) is 0. The molecule has 16 heavy (non-hydrogen) atoms. The summed E-state index contributed by atoms with van der Waals surface area (Å²) in [5.41, 5.74) is 0.339. The zero-order chi connectivity index (χ0) is 11.9. The van der Waals surface area contributed by atoms with E-state index in [1.165, 1.54) is 25.7 Å². The minimum absolute atomic E-state index is 0.339. The van der Waals surface area contributed by atoms with Crippen molar-refractivity contribution in [1.29, 1.82) is 0 Å². The molecule has 0 unspecified atom stereocenters. The minimum Gasteiger partial charge on any atom is -0.440 e. The summed E-state index contributed by atoms with van der Waals surface area (Å²) in [6.45, 7) is 4.48. The maximum absolute atomic E-state index is 5.26. The van der Waals surface area contributed by atoms with Crippen molar-refractivity contribution in [1.82, 2.24) is 4.98 Å². The maximum Gasteiger partial charge on any atom is 0.255 e. The van der Waals surface area contributed by atoms with Crippen LogP contribution in [0.3, 0.4) is 0 Å². The second kappa shape index (κ2) is 7.28. The average molecular weight is 259 g/mol. The predicted molar refractivity (Wildman–Crippen MR) is 73.3 cm³/mol. The van der Waals surface area contributed by atoms with Gasteiger partial charge in [-0.15, -0.1) is 0 Å². The molecule has 4 heteroatoms. The first-order valence-corrected chi connectivity index (χ1v) is 7.51. The van der Waals surface area contributed by atoms with Gasteiger partial charge >= 0.3 is 0 Å². The van der Waals surface area contributed by atoms with Gasteiger partial charge in [-0.25, -0.2) is 4.98 Å². The van der Waals surface area contributed by atoms with Crippen LogP contribution in [0, 0.1) is 5.41 Å². The molecule has 0 saturated heterocycles. The number of rotatable bonds is 8. The molecule has 0 radical (unpaired) electrons. The van der Waals surface area contributed by atoms with Crippen molar-refractivity contribution in [2.45, 2.75) is 44.8 Å². The van der Waals surface area contributed by atoms with Crippen molar-refractivity contribution in [3.05, 3.63) is 12.5 Å². The Kier molecular flexibility index (Phi) is 6.36. The van der Waals surface area contributed by atoms with Gasteiger partial charge in [-0.05, 0) is 24.0 Å². The van der Waals surface area contributed by atoms with Crippen molar-refractivity contribution < 1.29 is 4.42 Å². The lowest BCUT2D eigenvalue weighted by Gasteiger charge is -2.31. The highest BCUT2D eigenvalue weighted by atomic mass is 32.2. The normalized spacial score (nSPS) is 11.9. The lowest BCUT2D eigenvalue weighted by Crippen LogP contribution is -2.25. The molecule has 0 N–H and O–H groups in total. The Bertz CT molecular complexity index is 269. The van der Waals surface area contributed by atoms with Gasteiger partial charge in [0.2, 0.25) is 0 Å². The SMILES string of the molecule is CCCC(CS)(CCC)CSc1ncco1. The summed E-state index contributed by atoms with van der Waals surface area (Å²) in [5.74, 6) is 2.00. The highest BCUT2D eigenvalue weighted by Crippen LogP contribution is 2.36. The van der Waals surface area contributed by atoms with Gasteiger partial charge in [0.05, 0.1) is 6.20 Å². The van der Waals surface area contributed by atoms with Crippen LogP contribution in [0.1, 0.15) is 39.5 Å². The number of hydrogen-bond donors (Lipinski definition) is 1. The summed E-state index contributed by atoms with van der Waals surface area (Å²) in [5, 5.41) is 0.776. The van der Waals surface area contributed by atoms with E-state index in [0.29, 0.717) is 5.41 Å². The first-order valence-electron chi connectivity index (χ1n) is 5.89. The van der Waals surface area contributed by atoms with Crippen LogP contribution in [-0.2, 0) is 0 Å². The summed E-state index contributed by atoms with van der Waals surface area (Å²) >= 11 is 6.25. The topological polar surface area (TPSA) is 26.0 Å². The summed E-state index contributed by atoms with van der Waals surface area (Å²) in [6.07, 6.45) is 8.23. The molecule has 0 bridgehead atoms. The Morgan fingerprint density at radius 1 is 1.38 bits per heavy atom. The second-order valence-corrected chi connectivity index (χ2v) is 5.49. The van der Waals surface area contributed by atoms with Gasteiger partial charge in [0.1, 0.15) is 6.26 Å². The van der Waals surface area contributed by atoms with Crippen molar-refractivity contribution in [3.63, 3.8) is 0 Å². The quantitative estimate of drug-likeness (QED) is 0.557. The first kappa shape index (κ1) is 14.0. The molecule has 0 aliphatic carbocycles. The van der Waals surface area contributed by atoms with E-state index in [0.717, 1.165) is 16.7 Å². The van der Waals surface area contributed by atoms with E-state index < -0.39 is 0 Å². The molecule has 0 saturated carbocycles. The fourth-order valence-electron chi connectivity index (χ4n) is 2.03. The molecular formula is C12H21NOS2. The van der Waals surface area contributed by atoms with Crippen LogP contribution in [0.25, 0.3) is 0 Å². The second-order valence-electron chi connectivity index (χ2n) is 4.24. The molecule has 0 aliphatic heterocycles. The average Bonchev–Trinajstić information content (AvgIpc) is 2.79. The van der Waals surface area contributed by atoms with Crippen molar-refractivity contribution in [2.24, 2.45) is 5.41 Å². The largest absolute Gasteiger partial charge is 0.440 e. The Morgan fingerprint density at radius 3 is 2.50 bits per heavy atom. The molecular weight excluding hydrogens is 238 g/mol. The predicted octanol–water partition coefficient (Wildman–Crippen LogP) is 4.28. The van der Waals surface area contributed by atoms with E-state index in [-0.39, 0.29) is 0 Å². The van der Waals surface area contributed by atoms with E-state index in [1.54, 1.807) is 24.2 Å². The number of hydrogen-bond acceptors (Lipinski definition) is 4. The maximum atomic E-state index is 5.26. The molecule has 0 aliphatic rings. The third-order valence-corrected chi connectivity index (χ3v) is 4.68. The van der Waals surface area contributed by atoms with E-state index in [9.17, 15) is 0 Å². The fraction of sp³-hybridized carbons (Fsp3) is 0.750. The zero-order valence-electron chi connectivity index (χ0n) is 10.1. The molecule has 2 nitrogen and oxygen atoms in total. The highest BCUT2D eigenvalue weighted by Gasteiger charge is 2.27. The van der Waals surface area contributed by atoms with Crippen LogP contribution in [0.5, 0.6) is 0 Å². The first-order chi connectivity index (χ1) is 7.76. The zero-order valence-corrected chi connectivity index (χ0v) is 11.8. The Balaban J connectivity index is 2.54. The van der Waals surface area contributed by atoms with Gasteiger partial charge in [-0.1, -0.05) is 38.5 Å². The molecule has 0 amide bonds. The Labute approximate surface area is 108 Å². The molecule has 92 valence electrons. The van der Waals surface area contributed by atoms with E-state index in [4.69, 9.17) is 4.42 Å². The molecule has 0 aromatic carbocycles. The van der Waals surface area contributed by atoms with Crippen molar-refractivity contribution >= 4 is 24.4 Å². The molecule has 0 spiro atoms. The van der Waals surface area contributed by atoms with Crippen LogP contribution >= 0.6 is 24.4 Å². The minimum atomic E-state index is 0.339. The monoisotopic (exact) mass is 259 g/mol. The Morgan fingerprint density at radius 2 is 2.06 bits per heavy atom. The highest BCUT2D eigenvalue weighted by molar-refractivity contribution is 7.99. The lowest BCUT2D eigenvalue weighted by molar-refractivity contribution is 0.317. The summed E-state index contributed by atoms with van der Waals surface area (Å²) in [6, 6.07) is 0. The van der Waals surface area contributed by atoms with Crippen LogP contribution in [0.15, 0.2) is 22.1 Å². The third-order valence-electron chi connectivity index (χ3n) is 2.81. The van der Waals surface area contributed by atoms with Crippen LogP contribution < -0.4 is 0 Å². The lowest BCUT2D eigenvalue weighted by atomic mass is 9.83. The van der Waals surface area contributed by atoms with E-state index in [1.807, 2.05) is 0 Å². The number of aromatic nitrogens is 1. The van der Waals surface area contributed by atoms with Crippen LogP contribution in [0.4, 0.5) is 0 Å². The van der Waals surface area contributed by atoms with Crippen LogP contribution in [-0.4, -0.2) is 16.5 Å². The molecule has 0 fully saturated rings. The molecule has 1 heterocycles. The van der Waals surface area contributed by atoms with Crippen molar-refractivity contribution in [3.8, 4) is 0 Å². The van der Waals surface area contributed by atoms with Gasteiger partial charge in [-0.3, -0.25) is 0 Å². The van der Waals surface area contributed by atoms with Gasteiger partial charge in [0.15, 0.2) is 0 Å². The van der Waals surface area contributed by atoms with Gasteiger partial charge in [-0.2, -0.15) is 12.6 Å². The van der Waals surface area contributed by atoms with E-state index >= 15 is 0 Å². The van der Waals surface area contributed by atoms with Crippen LogP contribution in [0.2, 0.25) is 0 Å². The molecule has 1 aromatic rings. The van der Waals surface area contributed by atoms with Gasteiger partial charge < -0.3 is 4.42 Å². The molecule has 0 atom stereocenters. The summed E-state index contributed by atoms with van der Waals surface area (Å²) < 4.78 is 5.26. The van der Waals surface area contributed by atoms with E-state index in [2.05, 4.69) is 31.5 Å². The molecule has 1 rings (SSSR count). The third kappa shape index (κ3) is 4.06. The smallest absolute Gasteiger partial charge is 0.255 e.